The quantitative estimate of drug-likeness (QED) is 0.426. The van der Waals surface area contributed by atoms with Gasteiger partial charge in [-0.2, -0.15) is 0 Å². The van der Waals surface area contributed by atoms with Crippen molar-refractivity contribution in [3.05, 3.63) is 75.2 Å². The molecular formula is C21H21Cl2N5O2. The normalized spacial score (nSPS) is 21.3. The summed E-state index contributed by atoms with van der Waals surface area (Å²) >= 11 is 12.2. The SMILES string of the molecule is CCC(c1ccc(Cl)cc1)N(N)C1=C(N)C2(CC(=O)N1)C(=O)Nc1ccc(Cl)cc12. The molecule has 156 valence electrons. The molecule has 0 bridgehead atoms. The van der Waals surface area contributed by atoms with Gasteiger partial charge in [0.1, 0.15) is 11.2 Å². The minimum absolute atomic E-state index is 0.132. The van der Waals surface area contributed by atoms with Gasteiger partial charge >= 0.3 is 0 Å². The fourth-order valence-electron chi connectivity index (χ4n) is 4.19. The fourth-order valence-corrected chi connectivity index (χ4v) is 4.49. The number of anilines is 1. The summed E-state index contributed by atoms with van der Waals surface area (Å²) in [5.74, 6) is 5.93. The molecule has 0 aromatic heterocycles. The van der Waals surface area contributed by atoms with Crippen molar-refractivity contribution < 1.29 is 9.59 Å². The van der Waals surface area contributed by atoms with Crippen molar-refractivity contribution in [1.82, 2.24) is 10.3 Å². The summed E-state index contributed by atoms with van der Waals surface area (Å²) in [4.78, 5) is 25.8. The van der Waals surface area contributed by atoms with E-state index in [2.05, 4.69) is 10.6 Å². The summed E-state index contributed by atoms with van der Waals surface area (Å²) < 4.78 is 0. The number of benzene rings is 2. The second-order valence-corrected chi connectivity index (χ2v) is 8.29. The Labute approximate surface area is 184 Å². The van der Waals surface area contributed by atoms with Crippen LogP contribution in [0.3, 0.4) is 0 Å². The molecule has 2 unspecified atom stereocenters. The standard InChI is InChI=1S/C21H21Cl2N5O2/c1-2-16(11-3-5-12(22)6-4-11)28(25)19-18(24)21(10-17(29)27-19)14-9-13(23)7-8-15(14)26-20(21)30/h3-9,16H,2,10,24-25H2,1H3,(H,26,30)(H,27,29). The van der Waals surface area contributed by atoms with Gasteiger partial charge in [0.25, 0.3) is 0 Å². The average Bonchev–Trinajstić information content (AvgIpc) is 2.98. The first-order valence-electron chi connectivity index (χ1n) is 9.49. The van der Waals surface area contributed by atoms with Crippen LogP contribution in [0.1, 0.15) is 36.9 Å². The number of amides is 2. The van der Waals surface area contributed by atoms with Crippen molar-refractivity contribution in [1.29, 1.82) is 0 Å². The maximum atomic E-state index is 13.1. The van der Waals surface area contributed by atoms with Crippen molar-refractivity contribution in [3.63, 3.8) is 0 Å². The van der Waals surface area contributed by atoms with Gasteiger partial charge in [-0.3, -0.25) is 14.6 Å². The molecule has 0 fully saturated rings. The molecule has 30 heavy (non-hydrogen) atoms. The summed E-state index contributed by atoms with van der Waals surface area (Å²) in [5, 5.41) is 8.03. The van der Waals surface area contributed by atoms with Gasteiger partial charge in [0.2, 0.25) is 11.8 Å². The van der Waals surface area contributed by atoms with E-state index < -0.39 is 5.41 Å². The first-order chi connectivity index (χ1) is 14.3. The Balaban J connectivity index is 1.84. The third-order valence-electron chi connectivity index (χ3n) is 5.71. The highest BCUT2D eigenvalue weighted by atomic mass is 35.5. The first-order valence-corrected chi connectivity index (χ1v) is 10.2. The predicted octanol–water partition coefficient (Wildman–Crippen LogP) is 3.16. The number of nitrogens with two attached hydrogens (primary N) is 2. The molecule has 2 aromatic carbocycles. The molecule has 1 spiro atoms. The zero-order chi connectivity index (χ0) is 21.6. The van der Waals surface area contributed by atoms with Gasteiger partial charge in [-0.1, -0.05) is 42.3 Å². The highest BCUT2D eigenvalue weighted by Crippen LogP contribution is 2.47. The van der Waals surface area contributed by atoms with Crippen molar-refractivity contribution >= 4 is 40.7 Å². The molecule has 0 saturated heterocycles. The Hall–Kier alpha value is -2.74. The van der Waals surface area contributed by atoms with Crippen molar-refractivity contribution in [2.24, 2.45) is 11.6 Å². The smallest absolute Gasteiger partial charge is 0.241 e. The molecule has 2 heterocycles. The fraction of sp³-hybridized carbons (Fsp3) is 0.238. The number of carbonyl (C=O) groups excluding carboxylic acids is 2. The van der Waals surface area contributed by atoms with E-state index in [1.165, 1.54) is 5.01 Å². The van der Waals surface area contributed by atoms with Crippen molar-refractivity contribution in [2.45, 2.75) is 31.2 Å². The van der Waals surface area contributed by atoms with Gasteiger partial charge in [-0.05, 0) is 47.9 Å². The van der Waals surface area contributed by atoms with Gasteiger partial charge in [-0.15, -0.1) is 0 Å². The minimum atomic E-state index is -1.37. The second kappa shape index (κ2) is 7.50. The highest BCUT2D eigenvalue weighted by Gasteiger charge is 2.54. The molecule has 2 aliphatic rings. The maximum absolute atomic E-state index is 13.1. The molecular weight excluding hydrogens is 425 g/mol. The zero-order valence-electron chi connectivity index (χ0n) is 16.2. The third kappa shape index (κ3) is 3.10. The van der Waals surface area contributed by atoms with E-state index in [1.807, 2.05) is 19.1 Å². The van der Waals surface area contributed by atoms with E-state index in [4.69, 9.17) is 34.8 Å². The lowest BCUT2D eigenvalue weighted by Crippen LogP contribution is -2.54. The zero-order valence-corrected chi connectivity index (χ0v) is 17.7. The van der Waals surface area contributed by atoms with E-state index in [9.17, 15) is 9.59 Å². The van der Waals surface area contributed by atoms with Crippen molar-refractivity contribution in [2.75, 3.05) is 5.32 Å². The number of nitrogens with zero attached hydrogens (tertiary/aromatic N) is 1. The van der Waals surface area contributed by atoms with Crippen LogP contribution in [0, 0.1) is 0 Å². The summed E-state index contributed by atoms with van der Waals surface area (Å²) in [6.45, 7) is 1.97. The molecule has 6 N–H and O–H groups in total. The second-order valence-electron chi connectivity index (χ2n) is 7.42. The molecule has 9 heteroatoms. The van der Waals surface area contributed by atoms with E-state index >= 15 is 0 Å². The predicted molar refractivity (Wildman–Crippen MR) is 116 cm³/mol. The first kappa shape index (κ1) is 20.5. The minimum Gasteiger partial charge on any atom is -0.398 e. The monoisotopic (exact) mass is 445 g/mol. The van der Waals surface area contributed by atoms with Gasteiger partial charge in [-0.25, -0.2) is 5.84 Å². The van der Waals surface area contributed by atoms with Crippen LogP contribution in [0.15, 0.2) is 54.0 Å². The summed E-state index contributed by atoms with van der Waals surface area (Å²) in [5.41, 5.74) is 7.41. The van der Waals surface area contributed by atoms with E-state index in [0.29, 0.717) is 27.7 Å². The Morgan fingerprint density at radius 3 is 2.43 bits per heavy atom. The Morgan fingerprint density at radius 2 is 1.77 bits per heavy atom. The molecule has 0 radical (unpaired) electrons. The molecule has 2 amide bonds. The lowest BCUT2D eigenvalue weighted by atomic mass is 9.74. The number of nitrogens with one attached hydrogen (secondary N) is 2. The molecule has 0 aliphatic carbocycles. The largest absolute Gasteiger partial charge is 0.398 e. The van der Waals surface area contributed by atoms with E-state index in [0.717, 1.165) is 5.56 Å². The molecule has 2 aromatic rings. The van der Waals surface area contributed by atoms with Crippen LogP contribution in [-0.2, 0) is 15.0 Å². The number of halogens is 2. The molecule has 7 nitrogen and oxygen atoms in total. The van der Waals surface area contributed by atoms with E-state index in [1.54, 1.807) is 30.3 Å². The van der Waals surface area contributed by atoms with Crippen LogP contribution in [0.25, 0.3) is 0 Å². The Morgan fingerprint density at radius 1 is 1.10 bits per heavy atom. The topological polar surface area (TPSA) is 113 Å². The third-order valence-corrected chi connectivity index (χ3v) is 6.20. The Bertz CT molecular complexity index is 1070. The number of hydrogen-bond donors (Lipinski definition) is 4. The van der Waals surface area contributed by atoms with Gasteiger partial charge in [0.05, 0.1) is 18.2 Å². The summed E-state index contributed by atoms with van der Waals surface area (Å²) in [7, 11) is 0. The Kier molecular flexibility index (Phi) is 5.13. The maximum Gasteiger partial charge on any atom is 0.241 e. The van der Waals surface area contributed by atoms with Crippen LogP contribution in [0.5, 0.6) is 0 Å². The number of hydrogen-bond acceptors (Lipinski definition) is 5. The summed E-state index contributed by atoms with van der Waals surface area (Å²) in [6, 6.07) is 12.0. The highest BCUT2D eigenvalue weighted by molar-refractivity contribution is 6.31. The van der Waals surface area contributed by atoms with Crippen LogP contribution in [0.2, 0.25) is 10.0 Å². The number of fused-ring (bicyclic) bond motifs is 2. The molecule has 2 aliphatic heterocycles. The number of hydrazine groups is 1. The lowest BCUT2D eigenvalue weighted by molar-refractivity contribution is -0.128. The number of rotatable bonds is 4. The van der Waals surface area contributed by atoms with Crippen molar-refractivity contribution in [3.8, 4) is 0 Å². The summed E-state index contributed by atoms with van der Waals surface area (Å²) in [6.07, 6.45) is 0.499. The van der Waals surface area contributed by atoms with Crippen LogP contribution < -0.4 is 22.2 Å². The van der Waals surface area contributed by atoms with Gasteiger partial charge < -0.3 is 16.4 Å². The lowest BCUT2D eigenvalue weighted by Gasteiger charge is -2.39. The van der Waals surface area contributed by atoms with Gasteiger partial charge in [0, 0.05) is 15.7 Å². The van der Waals surface area contributed by atoms with Crippen LogP contribution in [0.4, 0.5) is 5.69 Å². The molecule has 4 rings (SSSR count). The number of carbonyl (C=O) groups is 2. The molecule has 2 atom stereocenters. The van der Waals surface area contributed by atoms with Gasteiger partial charge in [0.15, 0.2) is 0 Å². The van der Waals surface area contributed by atoms with E-state index in [-0.39, 0.29) is 35.8 Å². The molecule has 0 saturated carbocycles. The average molecular weight is 446 g/mol. The van der Waals surface area contributed by atoms with Crippen LogP contribution >= 0.6 is 23.2 Å². The van der Waals surface area contributed by atoms with Crippen LogP contribution in [-0.4, -0.2) is 16.8 Å².